The molecule has 19 heavy (non-hydrogen) atoms. The first-order chi connectivity index (χ1) is 9.10. The summed E-state index contributed by atoms with van der Waals surface area (Å²) in [5.74, 6) is 0.149. The Morgan fingerprint density at radius 3 is 3.00 bits per heavy atom. The van der Waals surface area contributed by atoms with Crippen molar-refractivity contribution in [3.8, 4) is 0 Å². The SMILES string of the molecule is CC1=NN(c2cccc(NCC(O)CCl)c2)C(=O)C1. The highest BCUT2D eigenvalue weighted by atomic mass is 35.5. The number of rotatable bonds is 5. The van der Waals surface area contributed by atoms with Crippen LogP contribution in [0.5, 0.6) is 0 Å². The van der Waals surface area contributed by atoms with Gasteiger partial charge in [-0.1, -0.05) is 6.07 Å². The van der Waals surface area contributed by atoms with Gasteiger partial charge in [-0.25, -0.2) is 5.01 Å². The predicted molar refractivity (Wildman–Crippen MR) is 76.9 cm³/mol. The van der Waals surface area contributed by atoms with E-state index in [-0.39, 0.29) is 11.8 Å². The van der Waals surface area contributed by atoms with E-state index in [1.807, 2.05) is 31.2 Å². The maximum Gasteiger partial charge on any atom is 0.253 e. The van der Waals surface area contributed by atoms with Crippen molar-refractivity contribution in [1.82, 2.24) is 0 Å². The number of alkyl halides is 1. The normalized spacial score (nSPS) is 16.5. The third-order valence-electron chi connectivity index (χ3n) is 2.72. The lowest BCUT2D eigenvalue weighted by molar-refractivity contribution is -0.116. The van der Waals surface area contributed by atoms with Gasteiger partial charge >= 0.3 is 0 Å². The number of nitrogens with one attached hydrogen (secondary N) is 1. The van der Waals surface area contributed by atoms with Crippen LogP contribution in [0, 0.1) is 0 Å². The van der Waals surface area contributed by atoms with E-state index in [4.69, 9.17) is 11.6 Å². The van der Waals surface area contributed by atoms with Crippen LogP contribution in [0.2, 0.25) is 0 Å². The lowest BCUT2D eigenvalue weighted by Crippen LogP contribution is -2.22. The van der Waals surface area contributed by atoms with E-state index in [0.717, 1.165) is 11.4 Å². The van der Waals surface area contributed by atoms with E-state index in [1.54, 1.807) is 0 Å². The molecule has 5 nitrogen and oxygen atoms in total. The van der Waals surface area contributed by atoms with Crippen LogP contribution >= 0.6 is 11.6 Å². The number of hydrogen-bond acceptors (Lipinski definition) is 4. The summed E-state index contributed by atoms with van der Waals surface area (Å²) in [4.78, 5) is 11.7. The van der Waals surface area contributed by atoms with Crippen LogP contribution in [-0.4, -0.2) is 35.3 Å². The topological polar surface area (TPSA) is 64.9 Å². The minimum absolute atomic E-state index is 0.0320. The molecule has 2 rings (SSSR count). The van der Waals surface area contributed by atoms with Gasteiger partial charge in [-0.3, -0.25) is 4.79 Å². The number of hydrazone groups is 1. The zero-order chi connectivity index (χ0) is 13.8. The summed E-state index contributed by atoms with van der Waals surface area (Å²) in [7, 11) is 0. The smallest absolute Gasteiger partial charge is 0.253 e. The number of nitrogens with zero attached hydrogens (tertiary/aromatic N) is 2. The second kappa shape index (κ2) is 6.04. The van der Waals surface area contributed by atoms with Gasteiger partial charge in [-0.15, -0.1) is 11.6 Å². The molecule has 1 aromatic rings. The van der Waals surface area contributed by atoms with E-state index in [2.05, 4.69) is 10.4 Å². The quantitative estimate of drug-likeness (QED) is 0.809. The number of aliphatic hydroxyl groups is 1. The zero-order valence-corrected chi connectivity index (χ0v) is 11.4. The Morgan fingerprint density at radius 1 is 1.58 bits per heavy atom. The fraction of sp³-hybridized carbons (Fsp3) is 0.385. The lowest BCUT2D eigenvalue weighted by atomic mass is 10.2. The Labute approximate surface area is 116 Å². The molecule has 1 aliphatic rings. The summed E-state index contributed by atoms with van der Waals surface area (Å²) in [6.07, 6.45) is -0.234. The summed E-state index contributed by atoms with van der Waals surface area (Å²) < 4.78 is 0. The van der Waals surface area contributed by atoms with Crippen molar-refractivity contribution >= 4 is 34.6 Å². The molecule has 2 N–H and O–H groups in total. The van der Waals surface area contributed by atoms with E-state index in [1.165, 1.54) is 5.01 Å². The lowest BCUT2D eigenvalue weighted by Gasteiger charge is -2.14. The fourth-order valence-corrected chi connectivity index (χ4v) is 1.90. The number of carbonyl (C=O) groups excluding carboxylic acids is 1. The molecule has 6 heteroatoms. The van der Waals surface area contributed by atoms with Gasteiger partial charge in [0.1, 0.15) is 0 Å². The van der Waals surface area contributed by atoms with Crippen molar-refractivity contribution in [3.05, 3.63) is 24.3 Å². The van der Waals surface area contributed by atoms with Gasteiger partial charge in [0.15, 0.2) is 0 Å². The number of anilines is 2. The summed E-state index contributed by atoms with van der Waals surface area (Å²) in [6.45, 7) is 2.19. The molecule has 0 saturated heterocycles. The number of benzene rings is 1. The highest BCUT2D eigenvalue weighted by molar-refractivity contribution is 6.18. The molecule has 1 unspecified atom stereocenters. The van der Waals surface area contributed by atoms with Crippen LogP contribution in [0.1, 0.15) is 13.3 Å². The van der Waals surface area contributed by atoms with Gasteiger partial charge in [0.05, 0.1) is 24.1 Å². The second-order valence-electron chi connectivity index (χ2n) is 4.46. The third kappa shape index (κ3) is 3.45. The predicted octanol–water partition coefficient (Wildman–Crippen LogP) is 1.81. The Bertz CT molecular complexity index is 504. The zero-order valence-electron chi connectivity index (χ0n) is 10.6. The minimum atomic E-state index is -0.598. The van der Waals surface area contributed by atoms with E-state index >= 15 is 0 Å². The van der Waals surface area contributed by atoms with Crippen LogP contribution in [0.15, 0.2) is 29.4 Å². The average molecular weight is 282 g/mol. The Morgan fingerprint density at radius 2 is 2.37 bits per heavy atom. The fourth-order valence-electron chi connectivity index (χ4n) is 1.80. The van der Waals surface area contributed by atoms with Gasteiger partial charge in [0.25, 0.3) is 5.91 Å². The van der Waals surface area contributed by atoms with Gasteiger partial charge in [0, 0.05) is 17.9 Å². The Kier molecular flexibility index (Phi) is 4.39. The van der Waals surface area contributed by atoms with Crippen molar-refractivity contribution in [3.63, 3.8) is 0 Å². The highest BCUT2D eigenvalue weighted by Crippen LogP contribution is 2.23. The van der Waals surface area contributed by atoms with Crippen molar-refractivity contribution in [2.45, 2.75) is 19.4 Å². The molecular formula is C13H16ClN3O2. The number of halogens is 1. The van der Waals surface area contributed by atoms with Crippen molar-refractivity contribution in [1.29, 1.82) is 0 Å². The van der Waals surface area contributed by atoms with Gasteiger partial charge in [0.2, 0.25) is 0 Å². The van der Waals surface area contributed by atoms with Crippen LogP contribution < -0.4 is 10.3 Å². The molecule has 1 atom stereocenters. The highest BCUT2D eigenvalue weighted by Gasteiger charge is 2.22. The van der Waals surface area contributed by atoms with Crippen LogP contribution in [0.4, 0.5) is 11.4 Å². The van der Waals surface area contributed by atoms with Crippen molar-refractivity contribution in [2.75, 3.05) is 22.8 Å². The molecule has 0 radical (unpaired) electrons. The second-order valence-corrected chi connectivity index (χ2v) is 4.77. The average Bonchev–Trinajstić information content (AvgIpc) is 2.75. The number of amides is 1. The molecular weight excluding hydrogens is 266 g/mol. The molecule has 0 aromatic heterocycles. The molecule has 0 saturated carbocycles. The molecule has 0 spiro atoms. The molecule has 1 heterocycles. The standard InChI is InChI=1S/C13H16ClN3O2/c1-9-5-13(19)17(16-9)11-4-2-3-10(6-11)15-8-12(18)7-14/h2-4,6,12,15,18H,5,7-8H2,1H3. The summed E-state index contributed by atoms with van der Waals surface area (Å²) in [6, 6.07) is 7.34. The molecule has 0 aliphatic carbocycles. The molecule has 1 aromatic carbocycles. The first kappa shape index (κ1) is 13.8. The monoisotopic (exact) mass is 281 g/mol. The van der Waals surface area contributed by atoms with Gasteiger partial charge < -0.3 is 10.4 Å². The summed E-state index contributed by atoms with van der Waals surface area (Å²) in [5.41, 5.74) is 2.34. The largest absolute Gasteiger partial charge is 0.390 e. The number of carbonyl (C=O) groups is 1. The first-order valence-corrected chi connectivity index (χ1v) is 6.58. The van der Waals surface area contributed by atoms with Crippen LogP contribution in [0.3, 0.4) is 0 Å². The first-order valence-electron chi connectivity index (χ1n) is 6.05. The third-order valence-corrected chi connectivity index (χ3v) is 3.08. The number of aliphatic hydroxyl groups excluding tert-OH is 1. The Balaban J connectivity index is 2.09. The molecule has 1 aliphatic heterocycles. The van der Waals surface area contributed by atoms with Crippen LogP contribution in [-0.2, 0) is 4.79 Å². The van der Waals surface area contributed by atoms with Crippen molar-refractivity contribution < 1.29 is 9.90 Å². The van der Waals surface area contributed by atoms with E-state index in [9.17, 15) is 9.90 Å². The summed E-state index contributed by atoms with van der Waals surface area (Å²) >= 11 is 5.53. The molecule has 0 fully saturated rings. The minimum Gasteiger partial charge on any atom is -0.390 e. The number of hydrogen-bond donors (Lipinski definition) is 2. The van der Waals surface area contributed by atoms with Crippen molar-refractivity contribution in [2.24, 2.45) is 5.10 Å². The maximum absolute atomic E-state index is 11.7. The molecule has 0 bridgehead atoms. The van der Waals surface area contributed by atoms with E-state index < -0.39 is 6.10 Å². The van der Waals surface area contributed by atoms with Gasteiger partial charge in [-0.05, 0) is 25.1 Å². The molecule has 1 amide bonds. The summed E-state index contributed by atoms with van der Waals surface area (Å²) in [5, 5.41) is 18.1. The molecule has 102 valence electrons. The van der Waals surface area contributed by atoms with Gasteiger partial charge in [-0.2, -0.15) is 5.10 Å². The van der Waals surface area contributed by atoms with E-state index in [0.29, 0.717) is 18.7 Å². The van der Waals surface area contributed by atoms with Crippen LogP contribution in [0.25, 0.3) is 0 Å². The maximum atomic E-state index is 11.7. The Hall–Kier alpha value is -1.59.